The maximum absolute atomic E-state index is 2.78. The molecule has 0 amide bonds. The molecule has 0 aromatic rings. The van der Waals surface area contributed by atoms with Crippen LogP contribution in [-0.2, 0) is 0 Å². The lowest BCUT2D eigenvalue weighted by Crippen LogP contribution is -2.11. The van der Waals surface area contributed by atoms with E-state index in [2.05, 4.69) is 34.1 Å². The van der Waals surface area contributed by atoms with Gasteiger partial charge in [-0.05, 0) is 18.3 Å². The predicted molar refractivity (Wildman–Crippen MR) is 98.6 cm³/mol. The molecule has 0 heteroatoms. The van der Waals surface area contributed by atoms with Gasteiger partial charge in [0.05, 0.1) is 0 Å². The molecule has 0 fully saturated rings. The van der Waals surface area contributed by atoms with Crippen LogP contribution < -0.4 is 0 Å². The van der Waals surface area contributed by atoms with Crippen molar-refractivity contribution < 1.29 is 0 Å². The van der Waals surface area contributed by atoms with Crippen LogP contribution in [0.1, 0.15) is 118 Å². The first-order valence-corrected chi connectivity index (χ1v) is 10.1. The largest absolute Gasteiger partial charge is 0.0654 e. The molecule has 0 saturated heterocycles. The molecule has 0 saturated carbocycles. The Balaban J connectivity index is 4.18. The van der Waals surface area contributed by atoms with Gasteiger partial charge in [0.25, 0.3) is 0 Å². The van der Waals surface area contributed by atoms with E-state index in [4.69, 9.17) is 0 Å². The first kappa shape index (κ1) is 21.0. The third-order valence-corrected chi connectivity index (χ3v) is 4.74. The summed E-state index contributed by atoms with van der Waals surface area (Å²) in [7, 11) is 0. The van der Waals surface area contributed by atoms with Gasteiger partial charge >= 0.3 is 0 Å². The van der Waals surface area contributed by atoms with Gasteiger partial charge in [0.2, 0.25) is 0 Å². The van der Waals surface area contributed by atoms with E-state index in [0.717, 1.165) is 11.8 Å². The van der Waals surface area contributed by atoms with Crippen LogP contribution in [0, 0.1) is 18.3 Å². The van der Waals surface area contributed by atoms with E-state index < -0.39 is 0 Å². The Morgan fingerprint density at radius 3 is 1.19 bits per heavy atom. The maximum Gasteiger partial charge on any atom is -0.0324 e. The molecule has 21 heavy (non-hydrogen) atoms. The van der Waals surface area contributed by atoms with Gasteiger partial charge < -0.3 is 0 Å². The van der Waals surface area contributed by atoms with Crippen LogP contribution in [0.5, 0.6) is 0 Å². The number of hydrogen-bond donors (Lipinski definition) is 0. The molecule has 0 N–H and O–H groups in total. The minimum absolute atomic E-state index is 0.898. The van der Waals surface area contributed by atoms with Crippen LogP contribution >= 0.6 is 0 Å². The summed E-state index contributed by atoms with van der Waals surface area (Å²) >= 11 is 0. The van der Waals surface area contributed by atoms with Gasteiger partial charge in [0, 0.05) is 0 Å². The molecule has 1 unspecified atom stereocenters. The van der Waals surface area contributed by atoms with E-state index in [9.17, 15) is 0 Å². The lowest BCUT2D eigenvalue weighted by atomic mass is 9.82. The summed E-state index contributed by atoms with van der Waals surface area (Å²) in [6, 6.07) is 0. The maximum atomic E-state index is 2.78. The Morgan fingerprint density at radius 1 is 0.476 bits per heavy atom. The fourth-order valence-corrected chi connectivity index (χ4v) is 3.40. The lowest BCUT2D eigenvalue weighted by Gasteiger charge is -2.23. The first-order valence-electron chi connectivity index (χ1n) is 10.1. The summed E-state index contributed by atoms with van der Waals surface area (Å²) in [5, 5.41) is 0. The van der Waals surface area contributed by atoms with Crippen LogP contribution in [-0.4, -0.2) is 0 Å². The van der Waals surface area contributed by atoms with Gasteiger partial charge in [0.1, 0.15) is 0 Å². The summed E-state index contributed by atoms with van der Waals surface area (Å²) in [4.78, 5) is 0. The minimum Gasteiger partial charge on any atom is -0.0654 e. The van der Waals surface area contributed by atoms with Crippen molar-refractivity contribution in [1.82, 2.24) is 0 Å². The second-order valence-corrected chi connectivity index (χ2v) is 6.99. The summed E-state index contributed by atoms with van der Waals surface area (Å²) in [6.07, 6.45) is 22.6. The molecular formula is C21H43. The van der Waals surface area contributed by atoms with Crippen molar-refractivity contribution in [3.8, 4) is 0 Å². The SMILES string of the molecule is CCCCCC([CH]C(CCCCC)CCCCC)CCC. The second kappa shape index (κ2) is 16.4. The van der Waals surface area contributed by atoms with Crippen molar-refractivity contribution in [2.75, 3.05) is 0 Å². The van der Waals surface area contributed by atoms with Crippen LogP contribution in [0.3, 0.4) is 0 Å². The summed E-state index contributed by atoms with van der Waals surface area (Å²) in [5.41, 5.74) is 0. The monoisotopic (exact) mass is 295 g/mol. The quantitative estimate of drug-likeness (QED) is 0.253. The normalized spacial score (nSPS) is 13.0. The second-order valence-electron chi connectivity index (χ2n) is 6.99. The Labute approximate surface area is 136 Å². The first-order chi connectivity index (χ1) is 10.3. The molecule has 1 radical (unpaired) electrons. The third-order valence-electron chi connectivity index (χ3n) is 4.74. The highest BCUT2D eigenvalue weighted by atomic mass is 14.2. The lowest BCUT2D eigenvalue weighted by molar-refractivity contribution is 0.375. The van der Waals surface area contributed by atoms with E-state index in [0.29, 0.717) is 0 Å². The zero-order chi connectivity index (χ0) is 15.8. The van der Waals surface area contributed by atoms with Crippen LogP contribution in [0.25, 0.3) is 0 Å². The number of rotatable bonds is 16. The molecule has 0 spiro atoms. The number of unbranched alkanes of at least 4 members (excludes halogenated alkanes) is 6. The molecule has 1 atom stereocenters. The van der Waals surface area contributed by atoms with E-state index in [1.165, 1.54) is 89.9 Å². The fourth-order valence-electron chi connectivity index (χ4n) is 3.40. The molecule has 0 aliphatic rings. The molecule has 127 valence electrons. The van der Waals surface area contributed by atoms with Crippen molar-refractivity contribution >= 4 is 0 Å². The molecule has 0 rings (SSSR count). The topological polar surface area (TPSA) is 0 Å². The smallest absolute Gasteiger partial charge is 0.0324 e. The molecule has 0 aromatic heterocycles. The Kier molecular flexibility index (Phi) is 16.4. The van der Waals surface area contributed by atoms with E-state index in [1.807, 2.05) is 0 Å². The van der Waals surface area contributed by atoms with Gasteiger partial charge in [-0.3, -0.25) is 0 Å². The Bertz CT molecular complexity index is 174. The highest BCUT2D eigenvalue weighted by Crippen LogP contribution is 2.29. The molecule has 0 aliphatic carbocycles. The standard InChI is InChI=1S/C21H43/c1-5-9-12-16-20(15-8-4)19-21(17-13-10-6-2)18-14-11-7-3/h19-21H,5-18H2,1-4H3. The van der Waals surface area contributed by atoms with Crippen molar-refractivity contribution in [1.29, 1.82) is 0 Å². The van der Waals surface area contributed by atoms with Gasteiger partial charge in [-0.25, -0.2) is 0 Å². The molecule has 0 aromatic carbocycles. The molecule has 0 heterocycles. The van der Waals surface area contributed by atoms with Gasteiger partial charge in [-0.15, -0.1) is 0 Å². The van der Waals surface area contributed by atoms with E-state index in [-0.39, 0.29) is 0 Å². The zero-order valence-corrected chi connectivity index (χ0v) is 15.6. The third kappa shape index (κ3) is 13.4. The average molecular weight is 296 g/mol. The highest BCUT2D eigenvalue weighted by Gasteiger charge is 2.16. The zero-order valence-electron chi connectivity index (χ0n) is 15.6. The number of hydrogen-bond acceptors (Lipinski definition) is 0. The van der Waals surface area contributed by atoms with Gasteiger partial charge in [-0.1, -0.05) is 118 Å². The van der Waals surface area contributed by atoms with Gasteiger partial charge in [0.15, 0.2) is 0 Å². The highest BCUT2D eigenvalue weighted by molar-refractivity contribution is 4.84. The van der Waals surface area contributed by atoms with E-state index in [1.54, 1.807) is 0 Å². The van der Waals surface area contributed by atoms with Crippen LogP contribution in [0.15, 0.2) is 0 Å². The van der Waals surface area contributed by atoms with Crippen LogP contribution in [0.4, 0.5) is 0 Å². The predicted octanol–water partition coefficient (Wildman–Crippen LogP) is 7.96. The average Bonchev–Trinajstić information content (AvgIpc) is 2.48. The van der Waals surface area contributed by atoms with Crippen molar-refractivity contribution in [2.24, 2.45) is 11.8 Å². The summed E-state index contributed by atoms with van der Waals surface area (Å²) < 4.78 is 0. The molecule has 0 aliphatic heterocycles. The van der Waals surface area contributed by atoms with Crippen molar-refractivity contribution in [3.05, 3.63) is 6.42 Å². The van der Waals surface area contributed by atoms with E-state index >= 15 is 0 Å². The van der Waals surface area contributed by atoms with Gasteiger partial charge in [-0.2, -0.15) is 0 Å². The molecule has 0 bridgehead atoms. The fraction of sp³-hybridized carbons (Fsp3) is 0.952. The Hall–Kier alpha value is 0. The Morgan fingerprint density at radius 2 is 0.857 bits per heavy atom. The molecule has 0 nitrogen and oxygen atoms in total. The molecular weight excluding hydrogens is 252 g/mol. The minimum atomic E-state index is 0.898. The summed E-state index contributed by atoms with van der Waals surface area (Å²) in [5.74, 6) is 1.80. The van der Waals surface area contributed by atoms with Crippen LogP contribution in [0.2, 0.25) is 0 Å². The van der Waals surface area contributed by atoms with Crippen molar-refractivity contribution in [2.45, 2.75) is 118 Å². The van der Waals surface area contributed by atoms with Crippen molar-refractivity contribution in [3.63, 3.8) is 0 Å². The summed E-state index contributed by atoms with van der Waals surface area (Å²) in [6.45, 7) is 9.31.